The summed E-state index contributed by atoms with van der Waals surface area (Å²) in [5, 5.41) is 0. The molecule has 6 rings (SSSR count). The molecule has 0 spiro atoms. The zero-order valence-electron chi connectivity index (χ0n) is 26.2. The molecule has 222 valence electrons. The number of hydrogen-bond acceptors (Lipinski definition) is 4. The van der Waals surface area contributed by atoms with Crippen molar-refractivity contribution in [3.63, 3.8) is 0 Å². The molecule has 2 heterocycles. The summed E-state index contributed by atoms with van der Waals surface area (Å²) in [6.45, 7) is 4.44. The second-order valence-electron chi connectivity index (χ2n) is 11.4. The van der Waals surface area contributed by atoms with Crippen molar-refractivity contribution in [2.24, 2.45) is 14.1 Å². The van der Waals surface area contributed by atoms with Gasteiger partial charge < -0.3 is 13.9 Å². The summed E-state index contributed by atoms with van der Waals surface area (Å²) in [6, 6.07) is 41.7. The van der Waals surface area contributed by atoms with E-state index < -0.39 is 10.3 Å². The Morgan fingerprint density at radius 1 is 0.545 bits per heavy atom. The van der Waals surface area contributed by atoms with Gasteiger partial charge >= 0.3 is 0 Å². The Morgan fingerprint density at radius 3 is 1.16 bits per heavy atom. The van der Waals surface area contributed by atoms with Gasteiger partial charge in [-0.2, -0.15) is 11.8 Å². The molecule has 0 bridgehead atoms. The highest BCUT2D eigenvalue weighted by molar-refractivity contribution is 8.00. The lowest BCUT2D eigenvalue weighted by Gasteiger charge is -2.43. The first-order chi connectivity index (χ1) is 21.3. The molecule has 2 aromatic heterocycles. The van der Waals surface area contributed by atoms with Crippen LogP contribution in [0.5, 0.6) is 0 Å². The molecule has 5 nitrogen and oxygen atoms in total. The van der Waals surface area contributed by atoms with Crippen molar-refractivity contribution >= 4 is 11.8 Å². The summed E-state index contributed by atoms with van der Waals surface area (Å²) in [4.78, 5) is 11.0. The lowest BCUT2D eigenvalue weighted by molar-refractivity contribution is -0.0215. The van der Waals surface area contributed by atoms with Gasteiger partial charge in [0.1, 0.15) is 0 Å². The van der Waals surface area contributed by atoms with Gasteiger partial charge in [0.15, 0.2) is 17.2 Å². The van der Waals surface area contributed by atoms with E-state index in [0.29, 0.717) is 0 Å². The maximum atomic E-state index is 6.82. The van der Waals surface area contributed by atoms with Gasteiger partial charge in [0.05, 0.1) is 27.5 Å². The van der Waals surface area contributed by atoms with Crippen LogP contribution in [0.2, 0.25) is 0 Å². The Balaban J connectivity index is 1.72. The van der Waals surface area contributed by atoms with E-state index in [2.05, 4.69) is 140 Å². The summed E-state index contributed by atoms with van der Waals surface area (Å²) in [6.07, 6.45) is 2.13. The van der Waals surface area contributed by atoms with E-state index in [1.165, 1.54) is 0 Å². The fraction of sp³-hybridized carbons (Fsp3) is 0.211. The minimum absolute atomic E-state index is 0.482. The van der Waals surface area contributed by atoms with Gasteiger partial charge in [0, 0.05) is 43.5 Å². The zero-order chi connectivity index (χ0) is 30.9. The fourth-order valence-corrected chi connectivity index (χ4v) is 6.84. The molecule has 4 aromatic carbocycles. The highest BCUT2D eigenvalue weighted by Gasteiger charge is 2.55. The second kappa shape index (κ2) is 11.9. The summed E-state index contributed by atoms with van der Waals surface area (Å²) in [7, 11) is 5.98. The Morgan fingerprint density at radius 2 is 0.864 bits per heavy atom. The molecule has 0 unspecified atom stereocenters. The van der Waals surface area contributed by atoms with Crippen LogP contribution in [0, 0.1) is 0 Å². The molecule has 0 atom stereocenters. The molecule has 0 aliphatic carbocycles. The van der Waals surface area contributed by atoms with E-state index in [1.807, 2.05) is 24.3 Å². The number of thioether (sulfide) groups is 1. The van der Waals surface area contributed by atoms with Crippen LogP contribution in [0.15, 0.2) is 121 Å². The first kappa shape index (κ1) is 29.7. The molecule has 0 radical (unpaired) electrons. The Labute approximate surface area is 264 Å². The van der Waals surface area contributed by atoms with E-state index in [0.717, 1.165) is 56.7 Å². The molecular formula is C38H38N4OS. The van der Waals surface area contributed by atoms with E-state index in [4.69, 9.17) is 14.7 Å². The van der Waals surface area contributed by atoms with E-state index in [1.54, 1.807) is 18.9 Å². The predicted molar refractivity (Wildman–Crippen MR) is 184 cm³/mol. The number of nitrogens with zero attached hydrogens (tertiary/aromatic N) is 4. The molecule has 0 saturated carbocycles. The van der Waals surface area contributed by atoms with Crippen molar-refractivity contribution in [3.8, 4) is 45.0 Å². The van der Waals surface area contributed by atoms with Crippen molar-refractivity contribution in [1.82, 2.24) is 19.1 Å². The number of imidazole rings is 2. The zero-order valence-corrected chi connectivity index (χ0v) is 27.0. The minimum Gasteiger partial charge on any atom is -0.361 e. The van der Waals surface area contributed by atoms with Gasteiger partial charge in [0.25, 0.3) is 0 Å². The Bertz CT molecular complexity index is 1730. The molecule has 0 aliphatic heterocycles. The van der Waals surface area contributed by atoms with Crippen LogP contribution in [0.25, 0.3) is 45.0 Å². The Kier molecular flexibility index (Phi) is 8.06. The molecule has 6 heteroatoms. The average molecular weight is 599 g/mol. The van der Waals surface area contributed by atoms with Gasteiger partial charge in [-0.05, 0) is 20.1 Å². The highest BCUT2D eigenvalue weighted by atomic mass is 32.2. The first-order valence-corrected chi connectivity index (χ1v) is 16.0. The first-order valence-electron chi connectivity index (χ1n) is 14.8. The predicted octanol–water partition coefficient (Wildman–Crippen LogP) is 8.85. The van der Waals surface area contributed by atoms with Crippen molar-refractivity contribution in [2.45, 2.75) is 24.2 Å². The van der Waals surface area contributed by atoms with Crippen LogP contribution in [0.4, 0.5) is 0 Å². The molecule has 0 fully saturated rings. The molecule has 0 aliphatic rings. The molecule has 0 amide bonds. The van der Waals surface area contributed by atoms with Gasteiger partial charge in [-0.15, -0.1) is 0 Å². The quantitative estimate of drug-likeness (QED) is 0.167. The van der Waals surface area contributed by atoms with Crippen LogP contribution in [-0.2, 0) is 24.4 Å². The maximum absolute atomic E-state index is 6.82. The molecule has 0 N–H and O–H groups in total. The molecule has 44 heavy (non-hydrogen) atoms. The third kappa shape index (κ3) is 4.79. The van der Waals surface area contributed by atoms with Gasteiger partial charge in [-0.3, -0.25) is 0 Å². The summed E-state index contributed by atoms with van der Waals surface area (Å²) in [5.74, 6) is 1.59. The summed E-state index contributed by atoms with van der Waals surface area (Å²) >= 11 is 1.75. The van der Waals surface area contributed by atoms with Gasteiger partial charge in [0.2, 0.25) is 0 Å². The number of aromatic nitrogens is 4. The second-order valence-corrected chi connectivity index (χ2v) is 12.9. The van der Waals surface area contributed by atoms with E-state index in [-0.39, 0.29) is 0 Å². The van der Waals surface area contributed by atoms with Crippen molar-refractivity contribution in [1.29, 1.82) is 0 Å². The molecule has 0 saturated heterocycles. The third-order valence-corrected chi connectivity index (χ3v) is 9.98. The third-order valence-electron chi connectivity index (χ3n) is 8.67. The van der Waals surface area contributed by atoms with Crippen molar-refractivity contribution in [2.75, 3.05) is 13.4 Å². The minimum atomic E-state index is -1.04. The standard InChI is InChI=1S/C38H38N4OS/c1-37(2,44-6)38(43-5,35-39-31(27-19-11-7-12-20-27)33(41(35)3)29-23-15-9-16-24-29)36-40-32(28-21-13-8-14-22-28)34(42(36)4)30-25-17-10-18-26-30/h7-26H,1-6H3. The van der Waals surface area contributed by atoms with Crippen molar-refractivity contribution < 1.29 is 4.74 Å². The highest BCUT2D eigenvalue weighted by Crippen LogP contribution is 2.51. The molecular weight excluding hydrogens is 561 g/mol. The summed E-state index contributed by atoms with van der Waals surface area (Å²) < 4.78 is 10.8. The topological polar surface area (TPSA) is 44.9 Å². The lowest BCUT2D eigenvalue weighted by atomic mass is 9.86. The SMILES string of the molecule is COC(c1nc(-c2ccccc2)c(-c2ccccc2)n1C)(c1nc(-c2ccccc2)c(-c2ccccc2)n1C)C(C)(C)SC. The average Bonchev–Trinajstić information content (AvgIpc) is 3.60. The monoisotopic (exact) mass is 598 g/mol. The molecule has 6 aromatic rings. The number of methoxy groups -OCH3 is 1. The number of rotatable bonds is 9. The van der Waals surface area contributed by atoms with Crippen LogP contribution in [-0.4, -0.2) is 37.2 Å². The van der Waals surface area contributed by atoms with Crippen LogP contribution >= 0.6 is 11.8 Å². The van der Waals surface area contributed by atoms with Crippen LogP contribution in [0.3, 0.4) is 0 Å². The van der Waals surface area contributed by atoms with E-state index in [9.17, 15) is 0 Å². The van der Waals surface area contributed by atoms with Crippen molar-refractivity contribution in [3.05, 3.63) is 133 Å². The summed E-state index contributed by atoms with van der Waals surface area (Å²) in [5.41, 5.74) is 7.13. The number of ether oxygens (including phenoxy) is 1. The normalized spacial score (nSPS) is 12.0. The maximum Gasteiger partial charge on any atom is 0.197 e. The number of benzene rings is 4. The van der Waals surface area contributed by atoms with Crippen LogP contribution in [0.1, 0.15) is 25.5 Å². The Hall–Kier alpha value is -4.39. The lowest BCUT2D eigenvalue weighted by Crippen LogP contribution is -2.51. The largest absolute Gasteiger partial charge is 0.361 e. The van der Waals surface area contributed by atoms with Gasteiger partial charge in [-0.25, -0.2) is 9.97 Å². The van der Waals surface area contributed by atoms with Crippen LogP contribution < -0.4 is 0 Å². The number of hydrogen-bond donors (Lipinski definition) is 0. The van der Waals surface area contributed by atoms with E-state index >= 15 is 0 Å². The smallest absolute Gasteiger partial charge is 0.197 e. The van der Waals surface area contributed by atoms with Gasteiger partial charge in [-0.1, -0.05) is 121 Å². The fourth-order valence-electron chi connectivity index (χ4n) is 6.28.